The van der Waals surface area contributed by atoms with Gasteiger partial charge in [0.25, 0.3) is 5.91 Å². The van der Waals surface area contributed by atoms with Crippen LogP contribution in [0.2, 0.25) is 0 Å². The second-order valence-corrected chi connectivity index (χ2v) is 7.36. The molecular weight excluding hydrogens is 388 g/mol. The van der Waals surface area contributed by atoms with Crippen LogP contribution in [0.15, 0.2) is 53.9 Å². The van der Waals surface area contributed by atoms with E-state index in [1.807, 2.05) is 48.7 Å². The minimum absolute atomic E-state index is 0.286. The number of esters is 1. The van der Waals surface area contributed by atoms with Gasteiger partial charge in [-0.2, -0.15) is 0 Å². The van der Waals surface area contributed by atoms with Crippen LogP contribution in [0.25, 0.3) is 10.6 Å². The van der Waals surface area contributed by atoms with Crippen molar-refractivity contribution in [3.8, 4) is 16.3 Å². The van der Waals surface area contributed by atoms with E-state index in [1.165, 1.54) is 0 Å². The van der Waals surface area contributed by atoms with E-state index >= 15 is 0 Å². The number of para-hydroxylation sites is 1. The Bertz CT molecular complexity index is 1000. The van der Waals surface area contributed by atoms with Crippen molar-refractivity contribution in [2.45, 2.75) is 19.9 Å². The van der Waals surface area contributed by atoms with Crippen molar-refractivity contribution in [2.24, 2.45) is 0 Å². The molecule has 0 saturated heterocycles. The van der Waals surface area contributed by atoms with Crippen molar-refractivity contribution < 1.29 is 19.1 Å². The van der Waals surface area contributed by atoms with Crippen LogP contribution < -0.4 is 10.1 Å². The van der Waals surface area contributed by atoms with Gasteiger partial charge in [-0.15, -0.1) is 11.3 Å². The molecule has 3 aromatic rings. The number of amides is 1. The lowest BCUT2D eigenvalue weighted by atomic mass is 10.1. The highest BCUT2D eigenvalue weighted by atomic mass is 32.1. The summed E-state index contributed by atoms with van der Waals surface area (Å²) in [6.45, 7) is 3.22. The molecule has 2 heterocycles. The summed E-state index contributed by atoms with van der Waals surface area (Å²) in [4.78, 5) is 30.1. The van der Waals surface area contributed by atoms with Crippen LogP contribution in [0.1, 0.15) is 34.6 Å². The second-order valence-electron chi connectivity index (χ2n) is 6.41. The first-order valence-electron chi connectivity index (χ1n) is 9.10. The average Bonchev–Trinajstić information content (AvgIpc) is 3.26. The highest BCUT2D eigenvalue weighted by molar-refractivity contribution is 7.13. The Morgan fingerprint density at radius 1 is 1.14 bits per heavy atom. The SMILES string of the molecule is COc1ccccc1C(C)NC(=O)COC(=O)c1ccc(-c2cccs2)nc1C. The monoisotopic (exact) mass is 410 g/mol. The molecule has 0 spiro atoms. The van der Waals surface area contributed by atoms with E-state index in [-0.39, 0.29) is 12.6 Å². The Morgan fingerprint density at radius 2 is 1.93 bits per heavy atom. The number of hydrogen-bond acceptors (Lipinski definition) is 6. The van der Waals surface area contributed by atoms with Crippen LogP contribution in [0, 0.1) is 6.92 Å². The van der Waals surface area contributed by atoms with Crippen molar-refractivity contribution in [1.82, 2.24) is 10.3 Å². The number of rotatable bonds is 7. The third-order valence-electron chi connectivity index (χ3n) is 4.40. The van der Waals surface area contributed by atoms with E-state index in [9.17, 15) is 9.59 Å². The van der Waals surface area contributed by atoms with Crippen molar-refractivity contribution in [3.63, 3.8) is 0 Å². The van der Waals surface area contributed by atoms with Crippen LogP contribution in [0.3, 0.4) is 0 Å². The first kappa shape index (κ1) is 20.5. The molecular formula is C22H22N2O4S. The molecule has 0 radical (unpaired) electrons. The minimum atomic E-state index is -0.576. The van der Waals surface area contributed by atoms with Crippen LogP contribution >= 0.6 is 11.3 Å². The van der Waals surface area contributed by atoms with E-state index in [2.05, 4.69) is 10.3 Å². The number of nitrogens with one attached hydrogen (secondary N) is 1. The predicted octanol–water partition coefficient (Wildman–Crippen LogP) is 4.16. The summed E-state index contributed by atoms with van der Waals surface area (Å²) in [6.07, 6.45) is 0. The molecule has 3 rings (SSSR count). The van der Waals surface area contributed by atoms with Crippen molar-refractivity contribution in [2.75, 3.05) is 13.7 Å². The molecule has 6 nitrogen and oxygen atoms in total. The number of methoxy groups -OCH3 is 1. The Hall–Kier alpha value is -3.19. The molecule has 0 aliphatic heterocycles. The fourth-order valence-corrected chi connectivity index (χ4v) is 3.63. The summed E-state index contributed by atoms with van der Waals surface area (Å²) in [5, 5.41) is 4.78. The average molecular weight is 410 g/mol. The summed E-state index contributed by atoms with van der Waals surface area (Å²) < 4.78 is 10.5. The maximum absolute atomic E-state index is 12.4. The third kappa shape index (κ3) is 5.00. The van der Waals surface area contributed by atoms with Gasteiger partial charge >= 0.3 is 5.97 Å². The van der Waals surface area contributed by atoms with Crippen molar-refractivity contribution in [3.05, 3.63) is 70.7 Å². The molecule has 0 bridgehead atoms. The molecule has 29 heavy (non-hydrogen) atoms. The van der Waals surface area contributed by atoms with Gasteiger partial charge in [0.05, 0.1) is 35.0 Å². The quantitative estimate of drug-likeness (QED) is 0.592. The Labute approximate surface area is 173 Å². The number of aromatic nitrogens is 1. The topological polar surface area (TPSA) is 77.5 Å². The molecule has 0 fully saturated rings. The van der Waals surface area contributed by atoms with E-state index in [0.29, 0.717) is 17.0 Å². The van der Waals surface area contributed by atoms with Crippen molar-refractivity contribution >= 4 is 23.2 Å². The van der Waals surface area contributed by atoms with E-state index < -0.39 is 11.9 Å². The summed E-state index contributed by atoms with van der Waals surface area (Å²) in [5.74, 6) is -0.282. The number of thiophene rings is 1. The van der Waals surface area contributed by atoms with Crippen molar-refractivity contribution in [1.29, 1.82) is 0 Å². The van der Waals surface area contributed by atoms with Gasteiger partial charge in [0.1, 0.15) is 5.75 Å². The first-order valence-corrected chi connectivity index (χ1v) is 9.98. The van der Waals surface area contributed by atoms with Gasteiger partial charge in [0.15, 0.2) is 6.61 Å². The number of nitrogens with zero attached hydrogens (tertiary/aromatic N) is 1. The zero-order valence-electron chi connectivity index (χ0n) is 16.5. The Balaban J connectivity index is 1.58. The molecule has 2 aromatic heterocycles. The number of carbonyl (C=O) groups is 2. The number of aryl methyl sites for hydroxylation is 1. The molecule has 0 saturated carbocycles. The number of benzene rings is 1. The Kier molecular flexibility index (Phi) is 6.61. The van der Waals surface area contributed by atoms with Crippen LogP contribution in [-0.4, -0.2) is 30.6 Å². The highest BCUT2D eigenvalue weighted by Crippen LogP contribution is 2.25. The van der Waals surface area contributed by atoms with Gasteiger partial charge < -0.3 is 14.8 Å². The lowest BCUT2D eigenvalue weighted by Crippen LogP contribution is -2.31. The van der Waals surface area contributed by atoms with E-state index in [0.717, 1.165) is 16.1 Å². The molecule has 0 aliphatic rings. The molecule has 1 N–H and O–H groups in total. The van der Waals surface area contributed by atoms with Crippen LogP contribution in [0.4, 0.5) is 0 Å². The molecule has 1 unspecified atom stereocenters. The van der Waals surface area contributed by atoms with E-state index in [1.54, 1.807) is 37.5 Å². The van der Waals surface area contributed by atoms with Crippen LogP contribution in [0.5, 0.6) is 5.75 Å². The maximum Gasteiger partial charge on any atom is 0.340 e. The Morgan fingerprint density at radius 3 is 2.62 bits per heavy atom. The number of ether oxygens (including phenoxy) is 2. The normalized spacial score (nSPS) is 11.6. The standard InChI is InChI=1S/C22H22N2O4S/c1-14(16-7-4-5-8-19(16)27-3)24-21(25)13-28-22(26)17-10-11-18(23-15(17)2)20-9-6-12-29-20/h4-12,14H,13H2,1-3H3,(H,24,25). The van der Waals surface area contributed by atoms with Gasteiger partial charge in [-0.25, -0.2) is 4.79 Å². The molecule has 0 aliphatic carbocycles. The van der Waals surface area contributed by atoms with Gasteiger partial charge in [-0.05, 0) is 43.5 Å². The summed E-state index contributed by atoms with van der Waals surface area (Å²) >= 11 is 1.58. The maximum atomic E-state index is 12.4. The molecule has 1 atom stereocenters. The zero-order valence-corrected chi connectivity index (χ0v) is 17.3. The number of hydrogen-bond donors (Lipinski definition) is 1. The fourth-order valence-electron chi connectivity index (χ4n) is 2.93. The van der Waals surface area contributed by atoms with Gasteiger partial charge in [-0.1, -0.05) is 24.3 Å². The third-order valence-corrected chi connectivity index (χ3v) is 5.29. The second kappa shape index (κ2) is 9.34. The summed E-state index contributed by atoms with van der Waals surface area (Å²) in [6, 6.07) is 14.5. The lowest BCUT2D eigenvalue weighted by Gasteiger charge is -2.17. The molecule has 7 heteroatoms. The molecule has 150 valence electrons. The largest absolute Gasteiger partial charge is 0.496 e. The smallest absolute Gasteiger partial charge is 0.340 e. The minimum Gasteiger partial charge on any atom is -0.496 e. The first-order chi connectivity index (χ1) is 14.0. The van der Waals surface area contributed by atoms with Crippen LogP contribution in [-0.2, 0) is 9.53 Å². The fraction of sp³-hybridized carbons (Fsp3) is 0.227. The molecule has 1 amide bonds. The van der Waals surface area contributed by atoms with Gasteiger partial charge in [0, 0.05) is 5.56 Å². The van der Waals surface area contributed by atoms with Gasteiger partial charge in [0.2, 0.25) is 0 Å². The van der Waals surface area contributed by atoms with Gasteiger partial charge in [-0.3, -0.25) is 9.78 Å². The summed E-state index contributed by atoms with van der Waals surface area (Å²) in [5.41, 5.74) is 2.55. The zero-order chi connectivity index (χ0) is 20.8. The highest BCUT2D eigenvalue weighted by Gasteiger charge is 2.17. The van der Waals surface area contributed by atoms with E-state index in [4.69, 9.17) is 9.47 Å². The predicted molar refractivity (Wildman–Crippen MR) is 112 cm³/mol. The lowest BCUT2D eigenvalue weighted by molar-refractivity contribution is -0.124. The number of carbonyl (C=O) groups excluding carboxylic acids is 2. The number of pyridine rings is 1. The molecule has 1 aromatic carbocycles. The summed E-state index contributed by atoms with van der Waals surface area (Å²) in [7, 11) is 1.58.